The van der Waals surface area contributed by atoms with E-state index in [0.29, 0.717) is 0 Å². The van der Waals surface area contributed by atoms with E-state index >= 15 is 0 Å². The van der Waals surface area contributed by atoms with Gasteiger partial charge in [0.1, 0.15) is 0 Å². The number of likely N-dealkylation sites (N-methyl/N-ethyl adjacent to an activating group) is 1. The van der Waals surface area contributed by atoms with Crippen LogP contribution in [0.5, 0.6) is 0 Å². The third-order valence-corrected chi connectivity index (χ3v) is 2.20. The zero-order valence-corrected chi connectivity index (χ0v) is 7.05. The van der Waals surface area contributed by atoms with Crippen molar-refractivity contribution in [3.05, 3.63) is 0 Å². The molecule has 1 heterocycles. The summed E-state index contributed by atoms with van der Waals surface area (Å²) in [6.07, 6.45) is 3.05. The Hall–Kier alpha value is -0.570. The number of nitrogens with zero attached hydrogens (tertiary/aromatic N) is 1. The van der Waals surface area contributed by atoms with Crippen molar-refractivity contribution >= 4 is 5.91 Å². The first kappa shape index (κ1) is 8.53. The molecule has 1 amide bonds. The summed E-state index contributed by atoms with van der Waals surface area (Å²) in [5.41, 5.74) is 5.65. The van der Waals surface area contributed by atoms with Crippen molar-refractivity contribution in [1.82, 2.24) is 4.90 Å². The zero-order chi connectivity index (χ0) is 8.27. The van der Waals surface area contributed by atoms with Crippen LogP contribution in [0, 0.1) is 0 Å². The molecule has 0 saturated carbocycles. The minimum Gasteiger partial charge on any atom is -0.342 e. The maximum absolute atomic E-state index is 11.4. The lowest BCUT2D eigenvalue weighted by Crippen LogP contribution is -2.42. The Kier molecular flexibility index (Phi) is 2.88. The molecule has 1 atom stereocenters. The van der Waals surface area contributed by atoms with Gasteiger partial charge in [-0.1, -0.05) is 0 Å². The van der Waals surface area contributed by atoms with Gasteiger partial charge >= 0.3 is 0 Å². The third-order valence-electron chi connectivity index (χ3n) is 2.20. The summed E-state index contributed by atoms with van der Waals surface area (Å²) in [6.45, 7) is 3.69. The average Bonchev–Trinajstić information content (AvgIpc) is 2.16. The van der Waals surface area contributed by atoms with Gasteiger partial charge in [0.15, 0.2) is 0 Å². The largest absolute Gasteiger partial charge is 0.342 e. The molecule has 0 spiro atoms. The second-order valence-electron chi connectivity index (χ2n) is 3.02. The number of carbonyl (C=O) groups excluding carboxylic acids is 1. The van der Waals surface area contributed by atoms with E-state index in [1.807, 2.05) is 11.8 Å². The molecule has 2 N–H and O–H groups in total. The molecule has 3 heteroatoms. The second kappa shape index (κ2) is 3.72. The smallest absolute Gasteiger partial charge is 0.239 e. The van der Waals surface area contributed by atoms with Gasteiger partial charge in [0, 0.05) is 13.1 Å². The van der Waals surface area contributed by atoms with Gasteiger partial charge in [0.25, 0.3) is 0 Å². The first-order valence-electron chi connectivity index (χ1n) is 4.30. The van der Waals surface area contributed by atoms with Gasteiger partial charge < -0.3 is 10.6 Å². The molecule has 1 aliphatic heterocycles. The lowest BCUT2D eigenvalue weighted by Gasteiger charge is -2.20. The second-order valence-corrected chi connectivity index (χ2v) is 3.02. The molecule has 1 aliphatic rings. The number of hydrogen-bond acceptors (Lipinski definition) is 2. The van der Waals surface area contributed by atoms with Crippen LogP contribution in [0.1, 0.15) is 26.2 Å². The van der Waals surface area contributed by atoms with Crippen LogP contribution in [-0.2, 0) is 4.79 Å². The molecule has 0 radical (unpaired) electrons. The minimum absolute atomic E-state index is 0.130. The van der Waals surface area contributed by atoms with Crippen LogP contribution < -0.4 is 5.73 Å². The number of nitrogens with two attached hydrogens (primary N) is 1. The van der Waals surface area contributed by atoms with Crippen molar-refractivity contribution in [3.8, 4) is 0 Å². The van der Waals surface area contributed by atoms with E-state index in [-0.39, 0.29) is 11.9 Å². The Bertz CT molecular complexity index is 147. The highest BCUT2D eigenvalue weighted by Gasteiger charge is 2.21. The van der Waals surface area contributed by atoms with Gasteiger partial charge in [0.05, 0.1) is 6.04 Å². The molecule has 1 rings (SSSR count). The van der Waals surface area contributed by atoms with Gasteiger partial charge in [-0.15, -0.1) is 0 Å². The summed E-state index contributed by atoms with van der Waals surface area (Å²) >= 11 is 0. The molecule has 0 bridgehead atoms. The van der Waals surface area contributed by atoms with E-state index in [1.54, 1.807) is 0 Å². The van der Waals surface area contributed by atoms with E-state index in [0.717, 1.165) is 32.4 Å². The molecule has 0 aromatic heterocycles. The third kappa shape index (κ3) is 1.93. The Morgan fingerprint density at radius 2 is 2.36 bits per heavy atom. The van der Waals surface area contributed by atoms with Crippen LogP contribution in [-0.4, -0.2) is 29.9 Å². The normalized spacial score (nSPS) is 26.9. The summed E-state index contributed by atoms with van der Waals surface area (Å²) in [5.74, 6) is 0.130. The van der Waals surface area contributed by atoms with Gasteiger partial charge in [-0.05, 0) is 26.2 Å². The molecule has 0 aromatic carbocycles. The van der Waals surface area contributed by atoms with Gasteiger partial charge in [0.2, 0.25) is 5.91 Å². The molecular formula is C8H16N2O. The highest BCUT2D eigenvalue weighted by Crippen LogP contribution is 2.09. The van der Waals surface area contributed by atoms with Crippen LogP contribution >= 0.6 is 0 Å². The lowest BCUT2D eigenvalue weighted by atomic mass is 10.1. The maximum atomic E-state index is 11.4. The fourth-order valence-electron chi connectivity index (χ4n) is 1.45. The molecule has 64 valence electrons. The first-order valence-corrected chi connectivity index (χ1v) is 4.30. The topological polar surface area (TPSA) is 46.3 Å². The van der Waals surface area contributed by atoms with E-state index < -0.39 is 0 Å². The molecule has 1 unspecified atom stereocenters. The standard InChI is InChI=1S/C8H16N2O/c1-2-10-6-4-3-5-7(9)8(10)11/h7H,2-6,9H2,1H3. The van der Waals surface area contributed by atoms with Crippen molar-refractivity contribution < 1.29 is 4.79 Å². The number of amides is 1. The summed E-state index contributed by atoms with van der Waals surface area (Å²) in [5, 5.41) is 0. The quantitative estimate of drug-likeness (QED) is 0.595. The first-order chi connectivity index (χ1) is 5.25. The molecule has 0 aromatic rings. The summed E-state index contributed by atoms with van der Waals surface area (Å²) in [6, 6.07) is -0.238. The predicted octanol–water partition coefficient (Wildman–Crippen LogP) is 0.346. The Morgan fingerprint density at radius 1 is 1.64 bits per heavy atom. The van der Waals surface area contributed by atoms with Gasteiger partial charge in [-0.2, -0.15) is 0 Å². The van der Waals surface area contributed by atoms with E-state index in [9.17, 15) is 4.79 Å². The van der Waals surface area contributed by atoms with Crippen LogP contribution in [0.3, 0.4) is 0 Å². The van der Waals surface area contributed by atoms with E-state index in [4.69, 9.17) is 5.73 Å². The van der Waals surface area contributed by atoms with E-state index in [2.05, 4.69) is 0 Å². The number of carbonyl (C=O) groups is 1. The van der Waals surface area contributed by atoms with Gasteiger partial charge in [-0.25, -0.2) is 0 Å². The number of rotatable bonds is 1. The molecule has 0 aliphatic carbocycles. The monoisotopic (exact) mass is 156 g/mol. The molecule has 1 fully saturated rings. The highest BCUT2D eigenvalue weighted by atomic mass is 16.2. The number of likely N-dealkylation sites (tertiary alicyclic amines) is 1. The Morgan fingerprint density at radius 3 is 3.00 bits per heavy atom. The maximum Gasteiger partial charge on any atom is 0.239 e. The van der Waals surface area contributed by atoms with Crippen LogP contribution in [0.25, 0.3) is 0 Å². The average molecular weight is 156 g/mol. The van der Waals surface area contributed by atoms with Crippen molar-refractivity contribution in [2.24, 2.45) is 5.73 Å². The Labute approximate surface area is 67.5 Å². The SMILES string of the molecule is CCN1CCCCC(N)C1=O. The summed E-state index contributed by atoms with van der Waals surface area (Å²) in [4.78, 5) is 13.2. The molecule has 1 saturated heterocycles. The summed E-state index contributed by atoms with van der Waals surface area (Å²) < 4.78 is 0. The van der Waals surface area contributed by atoms with Crippen LogP contribution in [0.4, 0.5) is 0 Å². The number of hydrogen-bond donors (Lipinski definition) is 1. The molecule has 11 heavy (non-hydrogen) atoms. The van der Waals surface area contributed by atoms with Crippen LogP contribution in [0.2, 0.25) is 0 Å². The predicted molar refractivity (Wildman–Crippen MR) is 44.1 cm³/mol. The molecule has 3 nitrogen and oxygen atoms in total. The van der Waals surface area contributed by atoms with Crippen molar-refractivity contribution in [2.45, 2.75) is 32.2 Å². The van der Waals surface area contributed by atoms with Crippen molar-refractivity contribution in [1.29, 1.82) is 0 Å². The Balaban J connectivity index is 2.56. The fourth-order valence-corrected chi connectivity index (χ4v) is 1.45. The zero-order valence-electron chi connectivity index (χ0n) is 7.05. The minimum atomic E-state index is -0.238. The van der Waals surface area contributed by atoms with Gasteiger partial charge in [-0.3, -0.25) is 4.79 Å². The fraction of sp³-hybridized carbons (Fsp3) is 0.875. The lowest BCUT2D eigenvalue weighted by molar-refractivity contribution is -0.131. The van der Waals surface area contributed by atoms with Crippen molar-refractivity contribution in [3.63, 3.8) is 0 Å². The van der Waals surface area contributed by atoms with E-state index in [1.165, 1.54) is 0 Å². The highest BCUT2D eigenvalue weighted by molar-refractivity contribution is 5.81. The summed E-state index contributed by atoms with van der Waals surface area (Å²) in [7, 11) is 0. The molecular weight excluding hydrogens is 140 g/mol. The van der Waals surface area contributed by atoms with Crippen molar-refractivity contribution in [2.75, 3.05) is 13.1 Å². The van der Waals surface area contributed by atoms with Crippen LogP contribution in [0.15, 0.2) is 0 Å².